The number of aromatic nitrogens is 2. The Labute approximate surface area is 114 Å². The van der Waals surface area contributed by atoms with E-state index in [0.717, 1.165) is 0 Å². The summed E-state index contributed by atoms with van der Waals surface area (Å²) in [6.07, 6.45) is 1.83. The average Bonchev–Trinajstić information content (AvgIpc) is 2.46. The first-order valence-corrected chi connectivity index (χ1v) is 5.63. The number of carbonyl (C=O) groups is 1. The van der Waals surface area contributed by atoms with E-state index in [0.29, 0.717) is 28.9 Å². The van der Waals surface area contributed by atoms with Crippen LogP contribution in [0, 0.1) is 11.3 Å². The third-order valence-corrected chi connectivity index (χ3v) is 2.84. The summed E-state index contributed by atoms with van der Waals surface area (Å²) in [6, 6.07) is 6.86. The number of benzene rings is 1. The van der Waals surface area contributed by atoms with Crippen LogP contribution in [-0.4, -0.2) is 23.4 Å². The fourth-order valence-corrected chi connectivity index (χ4v) is 1.83. The number of carbonyl (C=O) groups excluding carboxylic acids is 1. The number of halogens is 1. The Kier molecular flexibility index (Phi) is 3.74. The van der Waals surface area contributed by atoms with Crippen LogP contribution in [0.15, 0.2) is 24.5 Å². The minimum atomic E-state index is 0.0596. The highest BCUT2D eigenvalue weighted by Crippen LogP contribution is 2.32. The minimum Gasteiger partial charge on any atom is -0.496 e. The lowest BCUT2D eigenvalue weighted by molar-refractivity contribution is 0.112. The maximum absolute atomic E-state index is 11.1. The van der Waals surface area contributed by atoms with Gasteiger partial charge >= 0.3 is 0 Å². The van der Waals surface area contributed by atoms with E-state index in [2.05, 4.69) is 9.97 Å². The van der Waals surface area contributed by atoms with Gasteiger partial charge in [-0.2, -0.15) is 5.26 Å². The molecule has 5 nitrogen and oxygen atoms in total. The summed E-state index contributed by atoms with van der Waals surface area (Å²) >= 11 is 5.86. The normalized spacial score (nSPS) is 9.74. The fraction of sp³-hybridized carbons (Fsp3) is 0.0769. The highest BCUT2D eigenvalue weighted by atomic mass is 35.5. The Morgan fingerprint density at radius 2 is 2.21 bits per heavy atom. The molecule has 1 aromatic heterocycles. The Morgan fingerprint density at radius 3 is 2.84 bits per heavy atom. The van der Waals surface area contributed by atoms with Gasteiger partial charge in [0.15, 0.2) is 6.29 Å². The summed E-state index contributed by atoms with van der Waals surface area (Å²) in [7, 11) is 1.49. The first-order chi connectivity index (χ1) is 9.21. The van der Waals surface area contributed by atoms with Crippen molar-refractivity contribution in [2.75, 3.05) is 7.11 Å². The standard InChI is InChI=1S/C13H8ClN3O2/c1-19-11-3-2-8(5-15)4-9(11)12-10(6-18)13(14)17-7-16-12/h2-4,6-7H,1H3. The number of methoxy groups -OCH3 is 1. The molecule has 1 heterocycles. The predicted molar refractivity (Wildman–Crippen MR) is 69.1 cm³/mol. The zero-order valence-electron chi connectivity index (χ0n) is 9.92. The smallest absolute Gasteiger partial charge is 0.155 e. The van der Waals surface area contributed by atoms with Crippen molar-refractivity contribution in [2.45, 2.75) is 0 Å². The van der Waals surface area contributed by atoms with Crippen molar-refractivity contribution in [3.8, 4) is 23.1 Å². The van der Waals surface area contributed by atoms with Gasteiger partial charge < -0.3 is 4.74 Å². The van der Waals surface area contributed by atoms with Gasteiger partial charge in [0.05, 0.1) is 30.0 Å². The van der Waals surface area contributed by atoms with Crippen LogP contribution in [0.1, 0.15) is 15.9 Å². The number of nitriles is 1. The maximum Gasteiger partial charge on any atom is 0.155 e. The molecule has 0 aliphatic rings. The first-order valence-electron chi connectivity index (χ1n) is 5.25. The van der Waals surface area contributed by atoms with Gasteiger partial charge in [0.2, 0.25) is 0 Å². The quantitative estimate of drug-likeness (QED) is 0.634. The van der Waals surface area contributed by atoms with Crippen molar-refractivity contribution in [2.24, 2.45) is 0 Å². The third kappa shape index (κ3) is 2.39. The molecule has 6 heteroatoms. The van der Waals surface area contributed by atoms with Crippen LogP contribution in [0.3, 0.4) is 0 Å². The van der Waals surface area contributed by atoms with Crippen molar-refractivity contribution in [3.63, 3.8) is 0 Å². The van der Waals surface area contributed by atoms with Crippen LogP contribution in [0.2, 0.25) is 5.15 Å². The average molecular weight is 274 g/mol. The molecule has 0 aliphatic carbocycles. The molecule has 19 heavy (non-hydrogen) atoms. The van der Waals surface area contributed by atoms with Crippen LogP contribution in [0.5, 0.6) is 5.75 Å². The van der Waals surface area contributed by atoms with E-state index in [4.69, 9.17) is 21.6 Å². The van der Waals surface area contributed by atoms with Gasteiger partial charge in [-0.3, -0.25) is 4.79 Å². The molecular formula is C13H8ClN3O2. The highest BCUT2D eigenvalue weighted by Gasteiger charge is 2.15. The predicted octanol–water partition coefficient (Wildman–Crippen LogP) is 2.49. The molecule has 0 saturated heterocycles. The molecule has 0 spiro atoms. The van der Waals surface area contributed by atoms with Gasteiger partial charge in [-0.15, -0.1) is 0 Å². The van der Waals surface area contributed by atoms with Gasteiger partial charge in [0.1, 0.15) is 17.2 Å². The molecule has 0 amide bonds. The first kappa shape index (κ1) is 13.0. The number of hydrogen-bond donors (Lipinski definition) is 0. The van der Waals surface area contributed by atoms with Crippen LogP contribution in [0.25, 0.3) is 11.3 Å². The number of hydrogen-bond acceptors (Lipinski definition) is 5. The summed E-state index contributed by atoms with van der Waals surface area (Å²) in [5, 5.41) is 8.99. The number of rotatable bonds is 3. The molecular weight excluding hydrogens is 266 g/mol. The van der Waals surface area contributed by atoms with E-state index in [9.17, 15) is 4.79 Å². The van der Waals surface area contributed by atoms with E-state index in [1.54, 1.807) is 18.2 Å². The molecule has 0 aliphatic heterocycles. The number of nitrogens with zero attached hydrogens (tertiary/aromatic N) is 3. The van der Waals surface area contributed by atoms with Gasteiger partial charge in [-0.1, -0.05) is 11.6 Å². The Hall–Kier alpha value is -2.45. The topological polar surface area (TPSA) is 75.9 Å². The van der Waals surface area contributed by atoms with Gasteiger partial charge in [-0.25, -0.2) is 9.97 Å². The lowest BCUT2D eigenvalue weighted by Gasteiger charge is -2.10. The van der Waals surface area contributed by atoms with Crippen molar-refractivity contribution in [3.05, 3.63) is 40.8 Å². The monoisotopic (exact) mass is 273 g/mol. The molecule has 0 atom stereocenters. The third-order valence-electron chi connectivity index (χ3n) is 2.54. The van der Waals surface area contributed by atoms with Crippen molar-refractivity contribution in [1.82, 2.24) is 9.97 Å². The largest absolute Gasteiger partial charge is 0.496 e. The summed E-state index contributed by atoms with van der Waals surface area (Å²) in [5.41, 5.74) is 1.46. The second kappa shape index (κ2) is 5.46. The molecule has 0 saturated carbocycles. The molecule has 0 fully saturated rings. The van der Waals surface area contributed by atoms with Crippen LogP contribution in [0.4, 0.5) is 0 Å². The van der Waals surface area contributed by atoms with Gasteiger partial charge in [-0.05, 0) is 18.2 Å². The second-order valence-electron chi connectivity index (χ2n) is 3.57. The fourth-order valence-electron chi connectivity index (χ4n) is 1.66. The summed E-state index contributed by atoms with van der Waals surface area (Å²) in [4.78, 5) is 18.9. The lowest BCUT2D eigenvalue weighted by Crippen LogP contribution is -1.98. The zero-order valence-corrected chi connectivity index (χ0v) is 10.7. The van der Waals surface area contributed by atoms with E-state index < -0.39 is 0 Å². The molecule has 2 aromatic rings. The Balaban J connectivity index is 2.74. The SMILES string of the molecule is COc1ccc(C#N)cc1-c1ncnc(Cl)c1C=O. The molecule has 1 aromatic carbocycles. The van der Waals surface area contributed by atoms with Crippen LogP contribution < -0.4 is 4.74 Å². The van der Waals surface area contributed by atoms with E-state index in [1.165, 1.54) is 13.4 Å². The summed E-state index contributed by atoms with van der Waals surface area (Å²) in [5.74, 6) is 0.497. The van der Waals surface area contributed by atoms with Crippen molar-refractivity contribution in [1.29, 1.82) is 5.26 Å². The van der Waals surface area contributed by atoms with Crippen LogP contribution in [-0.2, 0) is 0 Å². The second-order valence-corrected chi connectivity index (χ2v) is 3.93. The Bertz CT molecular complexity index is 680. The summed E-state index contributed by atoms with van der Waals surface area (Å²) < 4.78 is 5.21. The highest BCUT2D eigenvalue weighted by molar-refractivity contribution is 6.32. The number of ether oxygens (including phenoxy) is 1. The van der Waals surface area contributed by atoms with Gasteiger partial charge in [0, 0.05) is 5.56 Å². The van der Waals surface area contributed by atoms with Gasteiger partial charge in [0.25, 0.3) is 0 Å². The Morgan fingerprint density at radius 1 is 1.42 bits per heavy atom. The van der Waals surface area contributed by atoms with Crippen molar-refractivity contribution < 1.29 is 9.53 Å². The minimum absolute atomic E-state index is 0.0596. The molecule has 0 bridgehead atoms. The molecule has 0 radical (unpaired) electrons. The number of aldehydes is 1. The lowest BCUT2D eigenvalue weighted by atomic mass is 10.0. The molecule has 2 rings (SSSR count). The van der Waals surface area contributed by atoms with Crippen molar-refractivity contribution >= 4 is 17.9 Å². The summed E-state index contributed by atoms with van der Waals surface area (Å²) in [6.45, 7) is 0. The zero-order chi connectivity index (χ0) is 13.8. The van der Waals surface area contributed by atoms with E-state index >= 15 is 0 Å². The van der Waals surface area contributed by atoms with Crippen LogP contribution >= 0.6 is 11.6 Å². The molecule has 0 N–H and O–H groups in total. The van der Waals surface area contributed by atoms with E-state index in [1.807, 2.05) is 6.07 Å². The maximum atomic E-state index is 11.1. The van der Waals surface area contributed by atoms with E-state index in [-0.39, 0.29) is 10.7 Å². The molecule has 0 unspecified atom stereocenters. The molecule has 94 valence electrons.